The van der Waals surface area contributed by atoms with Gasteiger partial charge in [0.05, 0.1) is 6.61 Å². The van der Waals surface area contributed by atoms with Gasteiger partial charge in [-0.1, -0.05) is 92.9 Å². The standard InChI is InChI=1S/C25H42O2/c1-19(2)13-10-9-11-18-27-22(26)17-16-20-14-12-15-21(24(3,4)5)23(20)25(6,7)8/h12,14-15,19H,9-11,13,16-18H2,1-8H3. The van der Waals surface area contributed by atoms with Gasteiger partial charge < -0.3 is 4.74 Å². The summed E-state index contributed by atoms with van der Waals surface area (Å²) in [5.41, 5.74) is 4.20. The van der Waals surface area contributed by atoms with Crippen molar-refractivity contribution in [1.29, 1.82) is 0 Å². The van der Waals surface area contributed by atoms with Crippen molar-refractivity contribution in [2.75, 3.05) is 6.61 Å². The molecular formula is C25H42O2. The molecule has 1 aromatic carbocycles. The van der Waals surface area contributed by atoms with Crippen molar-refractivity contribution in [3.8, 4) is 0 Å². The van der Waals surface area contributed by atoms with Gasteiger partial charge in [-0.15, -0.1) is 0 Å². The molecule has 0 saturated heterocycles. The van der Waals surface area contributed by atoms with Gasteiger partial charge in [-0.25, -0.2) is 0 Å². The second kappa shape index (κ2) is 10.3. The van der Waals surface area contributed by atoms with Gasteiger partial charge in [-0.05, 0) is 46.3 Å². The Balaban J connectivity index is 2.63. The number of hydrogen-bond donors (Lipinski definition) is 0. The lowest BCUT2D eigenvalue weighted by Gasteiger charge is -2.32. The minimum absolute atomic E-state index is 0.0551. The Morgan fingerprint density at radius 3 is 2.19 bits per heavy atom. The summed E-state index contributed by atoms with van der Waals surface area (Å²) in [4.78, 5) is 12.2. The highest BCUT2D eigenvalue weighted by Gasteiger charge is 2.27. The fourth-order valence-corrected chi connectivity index (χ4v) is 3.65. The molecule has 0 unspecified atom stereocenters. The molecule has 0 N–H and O–H groups in total. The quantitative estimate of drug-likeness (QED) is 0.344. The Kier molecular flexibility index (Phi) is 9.05. The Morgan fingerprint density at radius 2 is 1.63 bits per heavy atom. The monoisotopic (exact) mass is 374 g/mol. The second-order valence-corrected chi connectivity index (χ2v) is 10.3. The summed E-state index contributed by atoms with van der Waals surface area (Å²) in [5, 5.41) is 0. The normalized spacial score (nSPS) is 12.5. The first-order valence-corrected chi connectivity index (χ1v) is 10.7. The number of carbonyl (C=O) groups excluding carboxylic acids is 1. The molecule has 0 fully saturated rings. The number of aryl methyl sites for hydroxylation is 1. The second-order valence-electron chi connectivity index (χ2n) is 10.3. The van der Waals surface area contributed by atoms with Crippen molar-refractivity contribution in [2.24, 2.45) is 5.92 Å². The Bertz CT molecular complexity index is 585. The summed E-state index contributed by atoms with van der Waals surface area (Å²) in [7, 11) is 0. The SMILES string of the molecule is CC(C)CCCCCOC(=O)CCc1cccc(C(C)(C)C)c1C(C)(C)C. The Labute approximate surface area is 168 Å². The molecule has 0 aliphatic rings. The van der Waals surface area contributed by atoms with Crippen LogP contribution < -0.4 is 0 Å². The van der Waals surface area contributed by atoms with Crippen molar-refractivity contribution >= 4 is 5.97 Å². The van der Waals surface area contributed by atoms with E-state index in [1.165, 1.54) is 29.5 Å². The van der Waals surface area contributed by atoms with Crippen LogP contribution in [-0.4, -0.2) is 12.6 Å². The molecule has 27 heavy (non-hydrogen) atoms. The van der Waals surface area contributed by atoms with Gasteiger partial charge in [0.25, 0.3) is 0 Å². The van der Waals surface area contributed by atoms with Crippen LogP contribution in [0.3, 0.4) is 0 Å². The van der Waals surface area contributed by atoms with Crippen LogP contribution >= 0.6 is 0 Å². The fourth-order valence-electron chi connectivity index (χ4n) is 3.65. The van der Waals surface area contributed by atoms with E-state index in [1.807, 2.05) is 0 Å². The Hall–Kier alpha value is -1.31. The van der Waals surface area contributed by atoms with Crippen molar-refractivity contribution in [2.45, 2.75) is 105 Å². The number of esters is 1. The van der Waals surface area contributed by atoms with Crippen molar-refractivity contribution in [3.63, 3.8) is 0 Å². The zero-order valence-corrected chi connectivity index (χ0v) is 19.1. The van der Waals surface area contributed by atoms with Crippen LogP contribution in [0.1, 0.15) is 104 Å². The van der Waals surface area contributed by atoms with Crippen LogP contribution in [0.2, 0.25) is 0 Å². The van der Waals surface area contributed by atoms with Crippen LogP contribution in [0.4, 0.5) is 0 Å². The largest absolute Gasteiger partial charge is 0.466 e. The zero-order chi connectivity index (χ0) is 20.7. The minimum Gasteiger partial charge on any atom is -0.466 e. The van der Waals surface area contributed by atoms with Gasteiger partial charge in [0.2, 0.25) is 0 Å². The van der Waals surface area contributed by atoms with Crippen molar-refractivity contribution < 1.29 is 9.53 Å². The predicted molar refractivity (Wildman–Crippen MR) is 116 cm³/mol. The third-order valence-corrected chi connectivity index (χ3v) is 5.00. The molecule has 2 heteroatoms. The summed E-state index contributed by atoms with van der Waals surface area (Å²) >= 11 is 0. The number of benzene rings is 1. The number of rotatable bonds is 9. The van der Waals surface area contributed by atoms with E-state index in [9.17, 15) is 4.79 Å². The van der Waals surface area contributed by atoms with Gasteiger partial charge in [0.1, 0.15) is 0 Å². The number of ether oxygens (including phenoxy) is 1. The lowest BCUT2D eigenvalue weighted by molar-refractivity contribution is -0.143. The van der Waals surface area contributed by atoms with E-state index in [1.54, 1.807) is 0 Å². The maximum atomic E-state index is 12.2. The van der Waals surface area contributed by atoms with Gasteiger partial charge >= 0.3 is 5.97 Å². The average molecular weight is 375 g/mol. The van der Waals surface area contributed by atoms with Crippen molar-refractivity contribution in [3.05, 3.63) is 34.9 Å². The van der Waals surface area contributed by atoms with E-state index in [4.69, 9.17) is 4.74 Å². The van der Waals surface area contributed by atoms with Gasteiger partial charge in [-0.2, -0.15) is 0 Å². The van der Waals surface area contributed by atoms with Crippen LogP contribution in [0.5, 0.6) is 0 Å². The third kappa shape index (κ3) is 8.49. The molecule has 0 bridgehead atoms. The summed E-state index contributed by atoms with van der Waals surface area (Å²) < 4.78 is 5.45. The predicted octanol–water partition coefficient (Wildman–Crippen LogP) is 6.97. The number of carbonyl (C=O) groups is 1. The molecule has 154 valence electrons. The molecule has 0 atom stereocenters. The van der Waals surface area contributed by atoms with Gasteiger partial charge in [0, 0.05) is 6.42 Å². The number of unbranched alkanes of at least 4 members (excludes halogenated alkanes) is 2. The van der Waals surface area contributed by atoms with Gasteiger partial charge in [0.15, 0.2) is 0 Å². The molecule has 0 aromatic heterocycles. The summed E-state index contributed by atoms with van der Waals surface area (Å²) in [6, 6.07) is 6.54. The van der Waals surface area contributed by atoms with Crippen LogP contribution in [-0.2, 0) is 26.8 Å². The lowest BCUT2D eigenvalue weighted by atomic mass is 9.72. The number of hydrogen-bond acceptors (Lipinski definition) is 2. The zero-order valence-electron chi connectivity index (χ0n) is 19.1. The molecule has 0 aliphatic heterocycles. The molecule has 0 saturated carbocycles. The highest BCUT2D eigenvalue weighted by atomic mass is 16.5. The summed E-state index contributed by atoms with van der Waals surface area (Å²) in [5.74, 6) is 0.688. The third-order valence-electron chi connectivity index (χ3n) is 5.00. The first-order valence-electron chi connectivity index (χ1n) is 10.7. The van der Waals surface area contributed by atoms with Crippen LogP contribution in [0.25, 0.3) is 0 Å². The van der Waals surface area contributed by atoms with E-state index in [-0.39, 0.29) is 16.8 Å². The molecule has 0 aliphatic carbocycles. The fraction of sp³-hybridized carbons (Fsp3) is 0.720. The smallest absolute Gasteiger partial charge is 0.306 e. The lowest BCUT2D eigenvalue weighted by Crippen LogP contribution is -2.24. The highest BCUT2D eigenvalue weighted by Crippen LogP contribution is 2.36. The van der Waals surface area contributed by atoms with E-state index in [2.05, 4.69) is 73.6 Å². The van der Waals surface area contributed by atoms with E-state index in [0.29, 0.717) is 13.0 Å². The summed E-state index contributed by atoms with van der Waals surface area (Å²) in [6.07, 6.45) is 5.82. The molecular weight excluding hydrogens is 332 g/mol. The first-order chi connectivity index (χ1) is 12.4. The van der Waals surface area contributed by atoms with Crippen molar-refractivity contribution in [1.82, 2.24) is 0 Å². The molecule has 2 nitrogen and oxygen atoms in total. The maximum absolute atomic E-state index is 12.2. The Morgan fingerprint density at radius 1 is 0.963 bits per heavy atom. The highest BCUT2D eigenvalue weighted by molar-refractivity contribution is 5.69. The minimum atomic E-state index is -0.0696. The molecule has 1 aromatic rings. The average Bonchev–Trinajstić information content (AvgIpc) is 2.53. The summed E-state index contributed by atoms with van der Waals surface area (Å²) in [6.45, 7) is 18.6. The maximum Gasteiger partial charge on any atom is 0.306 e. The van der Waals surface area contributed by atoms with Crippen LogP contribution in [0, 0.1) is 5.92 Å². The molecule has 0 heterocycles. The molecule has 1 rings (SSSR count). The van der Waals surface area contributed by atoms with Gasteiger partial charge in [-0.3, -0.25) is 4.79 Å². The topological polar surface area (TPSA) is 26.3 Å². The molecule has 0 spiro atoms. The molecule has 0 amide bonds. The van der Waals surface area contributed by atoms with E-state index in [0.717, 1.165) is 25.2 Å². The van der Waals surface area contributed by atoms with E-state index >= 15 is 0 Å². The molecule has 0 radical (unpaired) electrons. The first kappa shape index (κ1) is 23.7. The van der Waals surface area contributed by atoms with E-state index < -0.39 is 0 Å². The van der Waals surface area contributed by atoms with Crippen LogP contribution in [0.15, 0.2) is 18.2 Å².